The van der Waals surface area contributed by atoms with E-state index < -0.39 is 5.91 Å². The standard InChI is InChI=1S/C21H20ClN5O3/c1-13-6-7-16-17(10-13)26(12-14-4-3-5-15(22)11-14)21(29)19-24-18(25-27(16)19)20(28)23-8-9-30-2/h3-7,10-11H,8-9,12H2,1-2H3,(H,23,28). The summed E-state index contributed by atoms with van der Waals surface area (Å²) in [6, 6.07) is 13.1. The molecular formula is C21H20ClN5O3. The fourth-order valence-electron chi connectivity index (χ4n) is 3.29. The molecule has 4 aromatic rings. The number of hydrogen-bond donors (Lipinski definition) is 1. The van der Waals surface area contributed by atoms with Gasteiger partial charge in [-0.2, -0.15) is 4.98 Å². The van der Waals surface area contributed by atoms with Crippen LogP contribution in [0, 0.1) is 6.92 Å². The van der Waals surface area contributed by atoms with Crippen molar-refractivity contribution in [2.45, 2.75) is 13.5 Å². The summed E-state index contributed by atoms with van der Waals surface area (Å²) in [7, 11) is 1.55. The van der Waals surface area contributed by atoms with Gasteiger partial charge in [-0.3, -0.25) is 14.2 Å². The normalized spacial score (nSPS) is 11.3. The molecule has 0 aliphatic rings. The van der Waals surface area contributed by atoms with Crippen molar-refractivity contribution in [2.24, 2.45) is 0 Å². The summed E-state index contributed by atoms with van der Waals surface area (Å²) >= 11 is 6.11. The molecule has 0 radical (unpaired) electrons. The smallest absolute Gasteiger partial charge is 0.296 e. The molecule has 0 atom stereocenters. The van der Waals surface area contributed by atoms with Crippen molar-refractivity contribution < 1.29 is 9.53 Å². The van der Waals surface area contributed by atoms with Gasteiger partial charge in [0.2, 0.25) is 11.5 Å². The molecule has 2 aromatic carbocycles. The number of nitrogens with one attached hydrogen (secondary N) is 1. The number of ether oxygens (including phenoxy) is 1. The van der Waals surface area contributed by atoms with E-state index in [2.05, 4.69) is 15.4 Å². The van der Waals surface area contributed by atoms with Gasteiger partial charge in [0, 0.05) is 18.7 Å². The third kappa shape index (κ3) is 3.79. The van der Waals surface area contributed by atoms with E-state index in [-0.39, 0.29) is 17.0 Å². The third-order valence-corrected chi connectivity index (χ3v) is 4.95. The van der Waals surface area contributed by atoms with Crippen LogP contribution in [0.2, 0.25) is 5.02 Å². The van der Waals surface area contributed by atoms with Gasteiger partial charge in [0.05, 0.1) is 24.2 Å². The van der Waals surface area contributed by atoms with Crippen molar-refractivity contribution in [2.75, 3.05) is 20.3 Å². The number of carbonyl (C=O) groups is 1. The molecule has 2 aromatic heterocycles. The highest BCUT2D eigenvalue weighted by atomic mass is 35.5. The van der Waals surface area contributed by atoms with Crippen molar-refractivity contribution in [3.8, 4) is 0 Å². The predicted octanol–water partition coefficient (Wildman–Crippen LogP) is 2.43. The minimum absolute atomic E-state index is 0.0643. The third-order valence-electron chi connectivity index (χ3n) is 4.72. The van der Waals surface area contributed by atoms with Crippen LogP contribution in [-0.4, -0.2) is 45.3 Å². The number of benzene rings is 2. The van der Waals surface area contributed by atoms with Crippen LogP contribution in [0.15, 0.2) is 47.3 Å². The maximum atomic E-state index is 13.3. The molecule has 154 valence electrons. The summed E-state index contributed by atoms with van der Waals surface area (Å²) in [5, 5.41) is 7.56. The number of aromatic nitrogens is 4. The van der Waals surface area contributed by atoms with E-state index >= 15 is 0 Å². The number of carbonyl (C=O) groups excluding carboxylic acids is 1. The lowest BCUT2D eigenvalue weighted by Gasteiger charge is -2.12. The molecule has 1 N–H and O–H groups in total. The molecule has 0 aliphatic heterocycles. The number of aryl methyl sites for hydroxylation is 1. The van der Waals surface area contributed by atoms with Crippen LogP contribution in [0.5, 0.6) is 0 Å². The minimum atomic E-state index is -0.461. The van der Waals surface area contributed by atoms with E-state index in [9.17, 15) is 9.59 Å². The van der Waals surface area contributed by atoms with E-state index in [1.54, 1.807) is 17.7 Å². The number of rotatable bonds is 6. The molecule has 4 rings (SSSR count). The van der Waals surface area contributed by atoms with Crippen molar-refractivity contribution in [1.82, 2.24) is 24.5 Å². The summed E-state index contributed by atoms with van der Waals surface area (Å²) in [5.41, 5.74) is 3.01. The van der Waals surface area contributed by atoms with Crippen molar-refractivity contribution in [3.63, 3.8) is 0 Å². The molecule has 0 saturated carbocycles. The van der Waals surface area contributed by atoms with E-state index in [0.717, 1.165) is 11.1 Å². The first-order valence-electron chi connectivity index (χ1n) is 9.39. The van der Waals surface area contributed by atoms with E-state index in [0.29, 0.717) is 35.8 Å². The summed E-state index contributed by atoms with van der Waals surface area (Å²) in [6.07, 6.45) is 0. The summed E-state index contributed by atoms with van der Waals surface area (Å²) in [5.74, 6) is -0.526. The van der Waals surface area contributed by atoms with Gasteiger partial charge in [0.1, 0.15) is 0 Å². The molecular weight excluding hydrogens is 406 g/mol. The fourth-order valence-corrected chi connectivity index (χ4v) is 3.51. The van der Waals surface area contributed by atoms with Gasteiger partial charge in [-0.1, -0.05) is 29.8 Å². The Balaban J connectivity index is 1.88. The second-order valence-electron chi connectivity index (χ2n) is 6.93. The summed E-state index contributed by atoms with van der Waals surface area (Å²) < 4.78 is 7.99. The second kappa shape index (κ2) is 8.25. The minimum Gasteiger partial charge on any atom is -0.383 e. The summed E-state index contributed by atoms with van der Waals surface area (Å²) in [6.45, 7) is 2.96. The van der Waals surface area contributed by atoms with E-state index in [4.69, 9.17) is 16.3 Å². The lowest BCUT2D eigenvalue weighted by molar-refractivity contribution is 0.0927. The van der Waals surface area contributed by atoms with Crippen LogP contribution in [0.4, 0.5) is 0 Å². The van der Waals surface area contributed by atoms with Gasteiger partial charge in [-0.15, -0.1) is 5.10 Å². The van der Waals surface area contributed by atoms with Crippen molar-refractivity contribution in [1.29, 1.82) is 0 Å². The van der Waals surface area contributed by atoms with Gasteiger partial charge in [0.25, 0.3) is 11.5 Å². The number of methoxy groups -OCH3 is 1. The number of amides is 1. The zero-order valence-corrected chi connectivity index (χ0v) is 17.3. The zero-order chi connectivity index (χ0) is 21.3. The fraction of sp³-hybridized carbons (Fsp3) is 0.238. The number of fused-ring (bicyclic) bond motifs is 3. The first-order chi connectivity index (χ1) is 14.5. The molecule has 1 amide bonds. The predicted molar refractivity (Wildman–Crippen MR) is 114 cm³/mol. The Hall–Kier alpha value is -3.23. The maximum absolute atomic E-state index is 13.3. The van der Waals surface area contributed by atoms with Crippen LogP contribution in [0.1, 0.15) is 21.7 Å². The molecule has 0 unspecified atom stereocenters. The summed E-state index contributed by atoms with van der Waals surface area (Å²) in [4.78, 5) is 29.9. The Morgan fingerprint density at radius 1 is 1.20 bits per heavy atom. The van der Waals surface area contributed by atoms with Crippen LogP contribution in [-0.2, 0) is 11.3 Å². The van der Waals surface area contributed by atoms with Crippen LogP contribution in [0.3, 0.4) is 0 Å². The van der Waals surface area contributed by atoms with E-state index in [1.807, 2.05) is 43.3 Å². The molecule has 8 nitrogen and oxygen atoms in total. The highest BCUT2D eigenvalue weighted by Crippen LogP contribution is 2.18. The van der Waals surface area contributed by atoms with Gasteiger partial charge < -0.3 is 10.1 Å². The van der Waals surface area contributed by atoms with Crippen LogP contribution >= 0.6 is 11.6 Å². The molecule has 0 spiro atoms. The van der Waals surface area contributed by atoms with Gasteiger partial charge in [-0.25, -0.2) is 4.52 Å². The molecule has 30 heavy (non-hydrogen) atoms. The molecule has 0 saturated heterocycles. The highest BCUT2D eigenvalue weighted by Gasteiger charge is 2.19. The van der Waals surface area contributed by atoms with Gasteiger partial charge in [0.15, 0.2) is 0 Å². The maximum Gasteiger partial charge on any atom is 0.296 e. The SMILES string of the molecule is COCCNC(=O)c1nc2c(=O)n(Cc3cccc(Cl)c3)c3cc(C)ccc3n2n1. The topological polar surface area (TPSA) is 90.5 Å². The Labute approximate surface area is 177 Å². The highest BCUT2D eigenvalue weighted by molar-refractivity contribution is 6.30. The van der Waals surface area contributed by atoms with E-state index in [1.165, 1.54) is 4.52 Å². The Morgan fingerprint density at radius 3 is 2.80 bits per heavy atom. The number of nitrogens with zero attached hydrogens (tertiary/aromatic N) is 4. The second-order valence-corrected chi connectivity index (χ2v) is 7.37. The van der Waals surface area contributed by atoms with Crippen LogP contribution < -0.4 is 10.9 Å². The zero-order valence-electron chi connectivity index (χ0n) is 16.6. The van der Waals surface area contributed by atoms with Gasteiger partial charge in [-0.05, 0) is 42.3 Å². The van der Waals surface area contributed by atoms with Crippen LogP contribution in [0.25, 0.3) is 16.7 Å². The molecule has 9 heteroatoms. The first kappa shape index (κ1) is 20.1. The first-order valence-corrected chi connectivity index (χ1v) is 9.77. The Bertz CT molecular complexity index is 1310. The Morgan fingerprint density at radius 2 is 2.03 bits per heavy atom. The quantitative estimate of drug-likeness (QED) is 0.479. The lowest BCUT2D eigenvalue weighted by atomic mass is 10.2. The monoisotopic (exact) mass is 425 g/mol. The largest absolute Gasteiger partial charge is 0.383 e. The van der Waals surface area contributed by atoms with Crippen molar-refractivity contribution in [3.05, 3.63) is 74.8 Å². The lowest BCUT2D eigenvalue weighted by Crippen LogP contribution is -2.28. The molecule has 0 fully saturated rings. The number of hydrogen-bond acceptors (Lipinski definition) is 5. The van der Waals surface area contributed by atoms with Crippen molar-refractivity contribution >= 4 is 34.2 Å². The molecule has 0 bridgehead atoms. The van der Waals surface area contributed by atoms with Gasteiger partial charge >= 0.3 is 0 Å². The Kier molecular flexibility index (Phi) is 5.52. The molecule has 2 heterocycles. The molecule has 0 aliphatic carbocycles. The number of halogens is 1. The average Bonchev–Trinajstić information content (AvgIpc) is 3.17. The average molecular weight is 426 g/mol.